The van der Waals surface area contributed by atoms with E-state index in [0.717, 1.165) is 0 Å². The van der Waals surface area contributed by atoms with Crippen LogP contribution in [0.4, 0.5) is 18.9 Å². The van der Waals surface area contributed by atoms with Crippen molar-refractivity contribution in [1.29, 1.82) is 0 Å². The van der Waals surface area contributed by atoms with Gasteiger partial charge in [-0.2, -0.15) is 4.31 Å². The lowest BCUT2D eigenvalue weighted by Gasteiger charge is -2.44. The highest BCUT2D eigenvalue weighted by Crippen LogP contribution is 2.31. The lowest BCUT2D eigenvalue weighted by Crippen LogP contribution is -2.58. The van der Waals surface area contributed by atoms with Gasteiger partial charge in [0.25, 0.3) is 0 Å². The third kappa shape index (κ3) is 5.22. The Morgan fingerprint density at radius 3 is 2.31 bits per heavy atom. The van der Waals surface area contributed by atoms with E-state index in [1.165, 1.54) is 40.7 Å². The van der Waals surface area contributed by atoms with Gasteiger partial charge in [-0.3, -0.25) is 4.79 Å². The molecule has 2 aromatic carbocycles. The minimum absolute atomic E-state index is 0.0922. The summed E-state index contributed by atoms with van der Waals surface area (Å²) in [6.07, 6.45) is -3.39. The van der Waals surface area contributed by atoms with Crippen LogP contribution in [-0.4, -0.2) is 60.3 Å². The molecule has 1 aliphatic rings. The Kier molecular flexibility index (Phi) is 6.45. The number of halogens is 3. The molecule has 0 radical (unpaired) electrons. The van der Waals surface area contributed by atoms with Crippen LogP contribution in [-0.2, 0) is 21.2 Å². The molecule has 1 aromatic heterocycles. The van der Waals surface area contributed by atoms with Crippen molar-refractivity contribution in [2.24, 2.45) is 0 Å². The fraction of sp³-hybridized carbons (Fsp3) is 0.348. The Morgan fingerprint density at radius 2 is 1.74 bits per heavy atom. The van der Waals surface area contributed by atoms with Crippen LogP contribution in [0.5, 0.6) is 5.75 Å². The number of carbonyl (C=O) groups is 1. The van der Waals surface area contributed by atoms with Crippen molar-refractivity contribution in [3.05, 3.63) is 54.2 Å². The number of aromatic nitrogens is 1. The molecule has 0 spiro atoms. The van der Waals surface area contributed by atoms with Crippen LogP contribution in [0.1, 0.15) is 19.4 Å². The van der Waals surface area contributed by atoms with Crippen LogP contribution < -0.4 is 9.64 Å². The number of aromatic amines is 1. The number of fused-ring (bicyclic) bond motifs is 1. The number of hydrogen-bond donors (Lipinski definition) is 2. The third-order valence-electron chi connectivity index (χ3n) is 5.93. The SMILES string of the molecule is CC1CN(c2ccc(OC(F)(F)F)cc2)CC(C)N1S(=O)(=O)c1ccc2c(CC(=O)O)c[nH]c2c1. The average molecular weight is 512 g/mol. The Balaban J connectivity index is 1.53. The smallest absolute Gasteiger partial charge is 0.481 e. The summed E-state index contributed by atoms with van der Waals surface area (Å²) in [6.45, 7) is 4.24. The van der Waals surface area contributed by atoms with E-state index < -0.39 is 34.4 Å². The molecule has 2 heterocycles. The minimum atomic E-state index is -4.77. The van der Waals surface area contributed by atoms with Crippen LogP contribution in [0, 0.1) is 0 Å². The van der Waals surface area contributed by atoms with Gasteiger partial charge in [0.05, 0.1) is 11.3 Å². The molecule has 2 atom stereocenters. The summed E-state index contributed by atoms with van der Waals surface area (Å²) >= 11 is 0. The summed E-state index contributed by atoms with van der Waals surface area (Å²) < 4.78 is 69.6. The van der Waals surface area contributed by atoms with Gasteiger partial charge in [0.15, 0.2) is 0 Å². The van der Waals surface area contributed by atoms with Gasteiger partial charge in [0.1, 0.15) is 5.75 Å². The lowest BCUT2D eigenvalue weighted by molar-refractivity contribution is -0.274. The highest BCUT2D eigenvalue weighted by atomic mass is 32.2. The van der Waals surface area contributed by atoms with Gasteiger partial charge in [0, 0.05) is 48.0 Å². The molecule has 2 N–H and O–H groups in total. The molecule has 0 saturated carbocycles. The van der Waals surface area contributed by atoms with E-state index in [-0.39, 0.29) is 17.1 Å². The van der Waals surface area contributed by atoms with E-state index in [4.69, 9.17) is 5.11 Å². The summed E-state index contributed by atoms with van der Waals surface area (Å²) in [7, 11) is -3.87. The summed E-state index contributed by atoms with van der Waals surface area (Å²) in [6, 6.07) is 9.22. The monoisotopic (exact) mass is 511 g/mol. The topological polar surface area (TPSA) is 103 Å². The van der Waals surface area contributed by atoms with Gasteiger partial charge < -0.3 is 19.7 Å². The number of aliphatic carboxylic acids is 1. The van der Waals surface area contributed by atoms with Gasteiger partial charge in [0.2, 0.25) is 10.0 Å². The van der Waals surface area contributed by atoms with Gasteiger partial charge in [-0.05, 0) is 55.8 Å². The molecule has 0 amide bonds. The number of carboxylic acids is 1. The van der Waals surface area contributed by atoms with Crippen LogP contribution in [0.3, 0.4) is 0 Å². The Morgan fingerprint density at radius 1 is 1.11 bits per heavy atom. The standard InChI is InChI=1S/C23H24F3N3O5S/c1-14-12-28(17-3-5-18(6-4-17)34-23(24,25)26)13-15(2)29(14)35(32,33)19-7-8-20-16(9-22(30)31)11-27-21(20)10-19/h3-8,10-11,14-15,27H,9,12-13H2,1-2H3,(H,30,31). The first-order chi connectivity index (χ1) is 16.3. The largest absolute Gasteiger partial charge is 0.573 e. The van der Waals surface area contributed by atoms with Crippen LogP contribution in [0.2, 0.25) is 0 Å². The van der Waals surface area contributed by atoms with E-state index in [2.05, 4.69) is 9.72 Å². The lowest BCUT2D eigenvalue weighted by atomic mass is 10.1. The highest BCUT2D eigenvalue weighted by Gasteiger charge is 2.39. The molecule has 0 bridgehead atoms. The fourth-order valence-corrected chi connectivity index (χ4v) is 6.44. The second-order valence-electron chi connectivity index (χ2n) is 8.57. The number of ether oxygens (including phenoxy) is 1. The molecule has 1 saturated heterocycles. The Bertz CT molecular complexity index is 1330. The first-order valence-corrected chi connectivity index (χ1v) is 12.3. The molecule has 0 aliphatic carbocycles. The summed E-state index contributed by atoms with van der Waals surface area (Å²) in [4.78, 5) is 16.0. The molecule has 8 nitrogen and oxygen atoms in total. The van der Waals surface area contributed by atoms with E-state index in [9.17, 15) is 26.4 Å². The number of alkyl halides is 3. The average Bonchev–Trinajstić information content (AvgIpc) is 3.14. The second-order valence-corrected chi connectivity index (χ2v) is 10.4. The molecule has 35 heavy (non-hydrogen) atoms. The van der Waals surface area contributed by atoms with Gasteiger partial charge >= 0.3 is 12.3 Å². The summed E-state index contributed by atoms with van der Waals surface area (Å²) in [5.74, 6) is -1.31. The van der Waals surface area contributed by atoms with Gasteiger partial charge in [-0.15, -0.1) is 13.2 Å². The molecule has 1 fully saturated rings. The normalized spacial score (nSPS) is 19.7. The molecule has 3 aromatic rings. The van der Waals surface area contributed by atoms with Crippen LogP contribution in [0.25, 0.3) is 10.9 Å². The second kappa shape index (κ2) is 9.08. The number of rotatable bonds is 6. The van der Waals surface area contributed by atoms with E-state index in [1.54, 1.807) is 26.1 Å². The molecule has 12 heteroatoms. The Hall–Kier alpha value is -3.25. The van der Waals surface area contributed by atoms with E-state index >= 15 is 0 Å². The maximum absolute atomic E-state index is 13.5. The van der Waals surface area contributed by atoms with Crippen molar-refractivity contribution < 1.29 is 36.2 Å². The van der Waals surface area contributed by atoms with Crippen molar-refractivity contribution in [3.63, 3.8) is 0 Å². The quantitative estimate of drug-likeness (QED) is 0.519. The van der Waals surface area contributed by atoms with Crippen molar-refractivity contribution in [3.8, 4) is 5.75 Å². The molecule has 188 valence electrons. The zero-order chi connectivity index (χ0) is 25.5. The fourth-order valence-electron chi connectivity index (χ4n) is 4.61. The van der Waals surface area contributed by atoms with Crippen LogP contribution in [0.15, 0.2) is 53.6 Å². The molecule has 2 unspecified atom stereocenters. The maximum atomic E-state index is 13.5. The van der Waals surface area contributed by atoms with Crippen molar-refractivity contribution in [1.82, 2.24) is 9.29 Å². The zero-order valence-electron chi connectivity index (χ0n) is 18.9. The maximum Gasteiger partial charge on any atom is 0.573 e. The molecular formula is C23H24F3N3O5S. The molecule has 1 aliphatic heterocycles. The van der Waals surface area contributed by atoms with Crippen molar-refractivity contribution in [2.75, 3.05) is 18.0 Å². The number of anilines is 1. The molecule has 4 rings (SSSR count). The minimum Gasteiger partial charge on any atom is -0.481 e. The number of piperazine rings is 1. The van der Waals surface area contributed by atoms with Gasteiger partial charge in [-0.1, -0.05) is 6.07 Å². The first-order valence-electron chi connectivity index (χ1n) is 10.8. The van der Waals surface area contributed by atoms with E-state index in [0.29, 0.717) is 35.2 Å². The number of H-pyrrole nitrogens is 1. The van der Waals surface area contributed by atoms with Crippen molar-refractivity contribution in [2.45, 2.75) is 43.6 Å². The number of hydrogen-bond acceptors (Lipinski definition) is 5. The number of benzene rings is 2. The number of carboxylic acid groups (broad SMARTS) is 1. The summed E-state index contributed by atoms with van der Waals surface area (Å²) in [5.41, 5.74) is 1.76. The predicted molar refractivity (Wildman–Crippen MR) is 123 cm³/mol. The van der Waals surface area contributed by atoms with Crippen molar-refractivity contribution >= 4 is 32.6 Å². The summed E-state index contributed by atoms with van der Waals surface area (Å²) in [5, 5.41) is 9.70. The number of nitrogens with zero attached hydrogens (tertiary/aromatic N) is 2. The highest BCUT2D eigenvalue weighted by molar-refractivity contribution is 7.89. The Labute approximate surface area is 200 Å². The molecular weight excluding hydrogens is 487 g/mol. The van der Waals surface area contributed by atoms with E-state index in [1.807, 2.05) is 4.90 Å². The zero-order valence-corrected chi connectivity index (χ0v) is 19.7. The van der Waals surface area contributed by atoms with Crippen LogP contribution >= 0.6 is 0 Å². The van der Waals surface area contributed by atoms with Gasteiger partial charge in [-0.25, -0.2) is 8.42 Å². The number of nitrogens with one attached hydrogen (secondary N) is 1. The predicted octanol–water partition coefficient (Wildman–Crippen LogP) is 3.98. The first kappa shape index (κ1) is 24.9. The number of sulfonamides is 1. The third-order valence-corrected chi connectivity index (χ3v) is 8.05.